The molecular formula is C45H83NO2. The minimum absolute atomic E-state index is 0.0527. The van der Waals surface area contributed by atoms with E-state index < -0.39 is 0 Å². The summed E-state index contributed by atoms with van der Waals surface area (Å²) in [4.78, 5) is 12.6. The lowest BCUT2D eigenvalue weighted by Gasteiger charge is -2.24. The molecule has 2 aliphatic carbocycles. The van der Waals surface area contributed by atoms with Gasteiger partial charge in [0.2, 0.25) is 0 Å². The van der Waals surface area contributed by atoms with E-state index in [4.69, 9.17) is 0 Å². The second kappa shape index (κ2) is 30.7. The second-order valence-corrected chi connectivity index (χ2v) is 13.4. The number of amides is 1. The molecule has 1 saturated carbocycles. The van der Waals surface area contributed by atoms with Crippen LogP contribution >= 0.6 is 0 Å². The van der Waals surface area contributed by atoms with Crippen molar-refractivity contribution in [2.75, 3.05) is 5.32 Å². The summed E-state index contributed by atoms with van der Waals surface area (Å²) < 4.78 is 0. The number of fused-ring (bicyclic) bond motifs is 1. The Morgan fingerprint density at radius 3 is 1.75 bits per heavy atom. The van der Waals surface area contributed by atoms with Gasteiger partial charge in [-0.25, -0.2) is 0 Å². The lowest BCUT2D eigenvalue weighted by atomic mass is 9.80. The molecular weight excluding hydrogens is 587 g/mol. The summed E-state index contributed by atoms with van der Waals surface area (Å²) in [6, 6.07) is 5.12. The van der Waals surface area contributed by atoms with E-state index in [1.165, 1.54) is 67.2 Å². The van der Waals surface area contributed by atoms with E-state index in [0.29, 0.717) is 5.69 Å². The lowest BCUT2D eigenvalue weighted by molar-refractivity contribution is -0.110. The number of benzene rings is 1. The molecule has 48 heavy (non-hydrogen) atoms. The van der Waals surface area contributed by atoms with Gasteiger partial charge in [0.1, 0.15) is 5.75 Å². The van der Waals surface area contributed by atoms with Crippen molar-refractivity contribution in [1.29, 1.82) is 0 Å². The molecule has 4 rings (SSSR count). The number of unbranched alkanes of at least 4 members (excludes halogenated alkanes) is 1. The molecule has 3 aliphatic rings. The fourth-order valence-corrected chi connectivity index (χ4v) is 5.11. The molecule has 0 spiro atoms. The molecule has 2 N–H and O–H groups in total. The first-order valence-electron chi connectivity index (χ1n) is 20.1. The molecule has 1 aromatic rings. The molecule has 0 radical (unpaired) electrons. The highest BCUT2D eigenvalue weighted by atomic mass is 16.3. The first-order chi connectivity index (χ1) is 22.9. The minimum Gasteiger partial charge on any atom is -0.508 e. The Hall–Kier alpha value is -2.29. The monoisotopic (exact) mass is 670 g/mol. The molecule has 0 unspecified atom stereocenters. The van der Waals surface area contributed by atoms with Gasteiger partial charge in [-0.3, -0.25) is 4.79 Å². The van der Waals surface area contributed by atoms with Gasteiger partial charge in [-0.2, -0.15) is 0 Å². The number of rotatable bonds is 7. The number of hydrogen-bond acceptors (Lipinski definition) is 2. The average molecular weight is 670 g/mol. The molecule has 0 aromatic heterocycles. The molecule has 1 aromatic carbocycles. The van der Waals surface area contributed by atoms with Gasteiger partial charge in [0.05, 0.1) is 11.3 Å². The van der Waals surface area contributed by atoms with Gasteiger partial charge in [-0.1, -0.05) is 141 Å². The number of phenols is 1. The molecule has 0 saturated heterocycles. The number of hydrogen-bond donors (Lipinski definition) is 2. The number of carbonyl (C=O) groups excluding carboxylic acids is 1. The van der Waals surface area contributed by atoms with Crippen molar-refractivity contribution >= 4 is 17.2 Å². The molecule has 3 nitrogen and oxygen atoms in total. The predicted molar refractivity (Wildman–Crippen MR) is 220 cm³/mol. The first kappa shape index (κ1) is 50.1. The van der Waals surface area contributed by atoms with Crippen molar-refractivity contribution < 1.29 is 9.90 Å². The third kappa shape index (κ3) is 19.6. The molecule has 1 aliphatic heterocycles. The van der Waals surface area contributed by atoms with Gasteiger partial charge < -0.3 is 10.4 Å². The summed E-state index contributed by atoms with van der Waals surface area (Å²) in [6.45, 7) is 36.8. The van der Waals surface area contributed by atoms with Crippen LogP contribution in [0, 0.1) is 17.8 Å². The van der Waals surface area contributed by atoms with Crippen LogP contribution in [0.2, 0.25) is 0 Å². The molecule has 1 fully saturated rings. The van der Waals surface area contributed by atoms with E-state index in [1.807, 2.05) is 33.8 Å². The highest BCUT2D eigenvalue weighted by Crippen LogP contribution is 2.43. The van der Waals surface area contributed by atoms with Crippen molar-refractivity contribution in [2.45, 2.75) is 195 Å². The van der Waals surface area contributed by atoms with Crippen LogP contribution in [0.1, 0.15) is 200 Å². The smallest absolute Gasteiger partial charge is 0.256 e. The summed E-state index contributed by atoms with van der Waals surface area (Å²) in [7, 11) is 0. The predicted octanol–water partition coefficient (Wildman–Crippen LogP) is 15.5. The Morgan fingerprint density at radius 1 is 0.854 bits per heavy atom. The van der Waals surface area contributed by atoms with Crippen LogP contribution in [0.4, 0.5) is 5.69 Å². The van der Waals surface area contributed by atoms with Crippen LogP contribution in [-0.4, -0.2) is 11.0 Å². The number of nitrogens with one attached hydrogen (secondary N) is 1. The van der Waals surface area contributed by atoms with Crippen molar-refractivity contribution in [3.05, 3.63) is 51.6 Å². The van der Waals surface area contributed by atoms with Gasteiger partial charge in [0.25, 0.3) is 5.91 Å². The molecule has 3 heteroatoms. The molecule has 1 heterocycles. The van der Waals surface area contributed by atoms with E-state index in [0.717, 1.165) is 66.6 Å². The first-order valence-corrected chi connectivity index (χ1v) is 20.1. The zero-order valence-corrected chi connectivity index (χ0v) is 35.3. The van der Waals surface area contributed by atoms with Crippen molar-refractivity contribution in [3.8, 4) is 5.75 Å². The van der Waals surface area contributed by atoms with Crippen LogP contribution < -0.4 is 5.32 Å². The number of phenolic OH excluding ortho intramolecular Hbond substituents is 1. The summed E-state index contributed by atoms with van der Waals surface area (Å²) in [5, 5.41) is 12.6. The highest BCUT2D eigenvalue weighted by molar-refractivity contribution is 6.32. The molecule has 0 atom stereocenters. The Kier molecular flexibility index (Phi) is 32.1. The number of allylic oxidation sites excluding steroid dienone is 5. The van der Waals surface area contributed by atoms with E-state index in [9.17, 15) is 9.90 Å². The quantitative estimate of drug-likeness (QED) is 0.284. The molecule has 0 bridgehead atoms. The summed E-state index contributed by atoms with van der Waals surface area (Å²) in [6.07, 6.45) is 14.9. The third-order valence-corrected chi connectivity index (χ3v) is 8.98. The van der Waals surface area contributed by atoms with Crippen molar-refractivity contribution in [2.24, 2.45) is 17.8 Å². The zero-order valence-electron chi connectivity index (χ0n) is 35.3. The van der Waals surface area contributed by atoms with Crippen LogP contribution in [-0.2, 0) is 4.79 Å². The Bertz CT molecular complexity index is 1060. The summed E-state index contributed by atoms with van der Waals surface area (Å²) >= 11 is 0. The SMILES string of the molecule is CC.CC.CC(C)C1CC1.CCC.CCC(C)CC.CCC/C(C)=C(/C)C1=C(C)/C(=C2\C(=O)Nc3cc(O)ccc32)CCC1.CCCC. The highest BCUT2D eigenvalue weighted by Gasteiger charge is 2.30. The fraction of sp³-hybridized carbons (Fsp3) is 0.711. The summed E-state index contributed by atoms with van der Waals surface area (Å²) in [5.41, 5.74) is 9.06. The van der Waals surface area contributed by atoms with E-state index in [-0.39, 0.29) is 11.7 Å². The second-order valence-electron chi connectivity index (χ2n) is 13.4. The van der Waals surface area contributed by atoms with Crippen LogP contribution in [0.5, 0.6) is 5.75 Å². The van der Waals surface area contributed by atoms with Crippen LogP contribution in [0.25, 0.3) is 5.57 Å². The van der Waals surface area contributed by atoms with Crippen molar-refractivity contribution in [3.63, 3.8) is 0 Å². The number of anilines is 1. The van der Waals surface area contributed by atoms with Gasteiger partial charge in [-0.15, -0.1) is 0 Å². The zero-order chi connectivity index (χ0) is 37.8. The van der Waals surface area contributed by atoms with Gasteiger partial charge in [0.15, 0.2) is 0 Å². The maximum absolute atomic E-state index is 12.6. The Balaban J connectivity index is -0.000000716. The molecule has 280 valence electrons. The topological polar surface area (TPSA) is 49.3 Å². The van der Waals surface area contributed by atoms with E-state index in [1.54, 1.807) is 12.1 Å². The maximum Gasteiger partial charge on any atom is 0.256 e. The van der Waals surface area contributed by atoms with Gasteiger partial charge >= 0.3 is 0 Å². The van der Waals surface area contributed by atoms with Gasteiger partial charge in [-0.05, 0) is 111 Å². The maximum atomic E-state index is 12.6. The van der Waals surface area contributed by atoms with E-state index in [2.05, 4.69) is 95.3 Å². The number of carbonyl (C=O) groups is 1. The van der Waals surface area contributed by atoms with Crippen LogP contribution in [0.3, 0.4) is 0 Å². The van der Waals surface area contributed by atoms with Crippen molar-refractivity contribution in [1.82, 2.24) is 0 Å². The lowest BCUT2D eigenvalue weighted by Crippen LogP contribution is -2.10. The normalized spacial score (nSPS) is 16.4. The van der Waals surface area contributed by atoms with Gasteiger partial charge in [0, 0.05) is 11.6 Å². The fourth-order valence-electron chi connectivity index (χ4n) is 5.11. The Labute approximate surface area is 301 Å². The average Bonchev–Trinajstić information content (AvgIpc) is 3.90. The van der Waals surface area contributed by atoms with E-state index >= 15 is 0 Å². The third-order valence-electron chi connectivity index (χ3n) is 8.98. The minimum atomic E-state index is -0.0527. The Morgan fingerprint density at radius 2 is 1.38 bits per heavy atom. The number of aromatic hydroxyl groups is 1. The largest absolute Gasteiger partial charge is 0.508 e. The van der Waals surface area contributed by atoms with Crippen LogP contribution in [0.15, 0.2) is 46.1 Å². The molecule has 1 amide bonds. The standard InChI is InChI=1S/C22H27NO2.C6H12.C6H14.C4H10.C3H8.2C2H6/c1-5-7-13(2)14(3)17-8-6-9-18(15(17)4)21-19-11-10-16(24)12-20(19)23-22(21)25;1-5(2)6-3-4-6;1-4-6(3)5-2;1-3-4-2;1-3-2;2*1-2/h10-12,24H,5-9H2,1-4H3,(H,23,25);5-6H,3-4H2,1-2H3;6H,4-5H2,1-3H3;3-4H2,1-2H3;3H2,1-2H3;2*1-2H3/b14-13-,21-18-;;;;;;. The summed E-state index contributed by atoms with van der Waals surface area (Å²) in [5.74, 6) is 3.12.